The van der Waals surface area contributed by atoms with Gasteiger partial charge in [0.25, 0.3) is 5.91 Å². The number of piperidine rings is 1. The lowest BCUT2D eigenvalue weighted by atomic mass is 9.85. The third-order valence-corrected chi connectivity index (χ3v) is 7.64. The van der Waals surface area contributed by atoms with Gasteiger partial charge in [-0.15, -0.1) is 0 Å². The molecule has 0 bridgehead atoms. The van der Waals surface area contributed by atoms with Gasteiger partial charge in [-0.25, -0.2) is 4.79 Å². The molecular formula is C30H34N4O3. The third-order valence-electron chi connectivity index (χ3n) is 7.64. The zero-order valence-corrected chi connectivity index (χ0v) is 21.4. The summed E-state index contributed by atoms with van der Waals surface area (Å²) in [4.78, 5) is 37.5. The van der Waals surface area contributed by atoms with E-state index in [0.29, 0.717) is 25.9 Å². The minimum atomic E-state index is -0.793. The van der Waals surface area contributed by atoms with Crippen molar-refractivity contribution in [1.29, 1.82) is 0 Å². The number of amides is 3. The summed E-state index contributed by atoms with van der Waals surface area (Å²) < 4.78 is 5.53. The summed E-state index contributed by atoms with van der Waals surface area (Å²) in [6.07, 6.45) is 6.34. The van der Waals surface area contributed by atoms with Crippen LogP contribution < -0.4 is 4.74 Å². The summed E-state index contributed by atoms with van der Waals surface area (Å²) in [5.74, 6) is 0.831. The predicted molar refractivity (Wildman–Crippen MR) is 142 cm³/mol. The zero-order chi connectivity index (χ0) is 25.7. The molecule has 0 radical (unpaired) electrons. The average molecular weight is 499 g/mol. The molecule has 2 aliphatic rings. The number of urea groups is 1. The van der Waals surface area contributed by atoms with E-state index in [1.165, 1.54) is 4.90 Å². The van der Waals surface area contributed by atoms with Gasteiger partial charge >= 0.3 is 6.03 Å². The largest absolute Gasteiger partial charge is 0.496 e. The highest BCUT2D eigenvalue weighted by Crippen LogP contribution is 2.39. The summed E-state index contributed by atoms with van der Waals surface area (Å²) in [6.45, 7) is 3.11. The maximum absolute atomic E-state index is 13.9. The summed E-state index contributed by atoms with van der Waals surface area (Å²) in [5.41, 5.74) is 2.49. The molecule has 0 aliphatic carbocycles. The van der Waals surface area contributed by atoms with Crippen molar-refractivity contribution in [2.75, 3.05) is 26.7 Å². The number of likely N-dealkylation sites (tertiary alicyclic amines) is 1. The number of imide groups is 1. The van der Waals surface area contributed by atoms with Crippen molar-refractivity contribution < 1.29 is 14.3 Å². The molecule has 37 heavy (non-hydrogen) atoms. The molecule has 3 heterocycles. The summed E-state index contributed by atoms with van der Waals surface area (Å²) in [7, 11) is 1.69. The number of benzene rings is 2. The van der Waals surface area contributed by atoms with E-state index in [9.17, 15) is 9.59 Å². The minimum absolute atomic E-state index is 0.0449. The smallest absolute Gasteiger partial charge is 0.327 e. The van der Waals surface area contributed by atoms with Crippen LogP contribution in [0.15, 0.2) is 79.1 Å². The lowest BCUT2D eigenvalue weighted by Gasteiger charge is -2.42. The van der Waals surface area contributed by atoms with Crippen LogP contribution in [0.3, 0.4) is 0 Å². The maximum Gasteiger partial charge on any atom is 0.327 e. The molecule has 7 nitrogen and oxygen atoms in total. The number of para-hydroxylation sites is 1. The van der Waals surface area contributed by atoms with Gasteiger partial charge in [-0.05, 0) is 48.9 Å². The Balaban J connectivity index is 1.32. The second-order valence-electron chi connectivity index (χ2n) is 9.90. The molecule has 2 fully saturated rings. The van der Waals surface area contributed by atoms with Gasteiger partial charge in [0, 0.05) is 50.7 Å². The van der Waals surface area contributed by atoms with Crippen molar-refractivity contribution in [3.05, 3.63) is 95.8 Å². The van der Waals surface area contributed by atoms with E-state index in [1.807, 2.05) is 71.8 Å². The van der Waals surface area contributed by atoms with E-state index in [2.05, 4.69) is 16.0 Å². The highest BCUT2D eigenvalue weighted by Gasteiger charge is 2.57. The zero-order valence-electron chi connectivity index (χ0n) is 21.4. The Bertz CT molecular complexity index is 1210. The number of aromatic nitrogens is 1. The standard InChI is InChI=1S/C30H34N4O3/c1-37-27-14-6-5-13-26(27)23-32-19-15-30(16-20-32)28(35)33(18-8-12-24-11-7-17-31-21-24)29(36)34(30)22-25-9-3-2-4-10-25/h2-7,9-11,13-14,17,21H,8,12,15-16,18-20,22-23H2,1H3. The molecule has 2 aromatic carbocycles. The Labute approximate surface area is 218 Å². The Morgan fingerprint density at radius 1 is 0.892 bits per heavy atom. The fourth-order valence-electron chi connectivity index (χ4n) is 5.59. The van der Waals surface area contributed by atoms with Gasteiger partial charge in [0.2, 0.25) is 0 Å². The first-order valence-electron chi connectivity index (χ1n) is 13.0. The molecule has 0 atom stereocenters. The molecule has 2 aliphatic heterocycles. The number of pyridine rings is 1. The molecule has 5 rings (SSSR count). The van der Waals surface area contributed by atoms with Gasteiger partial charge in [-0.1, -0.05) is 54.6 Å². The van der Waals surface area contributed by atoms with Gasteiger partial charge in [-0.3, -0.25) is 19.6 Å². The number of hydrogen-bond acceptors (Lipinski definition) is 5. The molecule has 3 aromatic rings. The summed E-state index contributed by atoms with van der Waals surface area (Å²) >= 11 is 0. The molecule has 1 spiro atoms. The van der Waals surface area contributed by atoms with Crippen molar-refractivity contribution in [3.8, 4) is 5.75 Å². The minimum Gasteiger partial charge on any atom is -0.496 e. The Kier molecular flexibility index (Phi) is 7.51. The van der Waals surface area contributed by atoms with Crippen LogP contribution in [0.2, 0.25) is 0 Å². The van der Waals surface area contributed by atoms with Crippen molar-refractivity contribution in [2.45, 2.75) is 44.3 Å². The molecule has 0 saturated carbocycles. The first-order chi connectivity index (χ1) is 18.1. The SMILES string of the molecule is COc1ccccc1CN1CCC2(CC1)C(=O)N(CCCc1cccnc1)C(=O)N2Cc1ccccc1. The summed E-state index contributed by atoms with van der Waals surface area (Å²) in [6, 6.07) is 21.8. The number of carbonyl (C=O) groups is 2. The van der Waals surface area contributed by atoms with Gasteiger partial charge < -0.3 is 9.64 Å². The Hall–Kier alpha value is -3.71. The van der Waals surface area contributed by atoms with Crippen molar-refractivity contribution in [1.82, 2.24) is 19.7 Å². The number of methoxy groups -OCH3 is 1. The topological polar surface area (TPSA) is 66.0 Å². The van der Waals surface area contributed by atoms with Crippen LogP contribution in [0.4, 0.5) is 4.79 Å². The lowest BCUT2D eigenvalue weighted by Crippen LogP contribution is -2.56. The van der Waals surface area contributed by atoms with Crippen LogP contribution in [-0.2, 0) is 24.3 Å². The number of nitrogens with zero attached hydrogens (tertiary/aromatic N) is 4. The fraction of sp³-hybridized carbons (Fsp3) is 0.367. The molecule has 3 amide bonds. The molecule has 2 saturated heterocycles. The second kappa shape index (κ2) is 11.1. The van der Waals surface area contributed by atoms with Crippen molar-refractivity contribution >= 4 is 11.9 Å². The summed E-state index contributed by atoms with van der Waals surface area (Å²) in [5, 5.41) is 0. The second-order valence-corrected chi connectivity index (χ2v) is 9.90. The van der Waals surface area contributed by atoms with Gasteiger partial charge in [0.1, 0.15) is 11.3 Å². The van der Waals surface area contributed by atoms with Crippen LogP contribution in [0.1, 0.15) is 36.0 Å². The van der Waals surface area contributed by atoms with Crippen molar-refractivity contribution in [2.24, 2.45) is 0 Å². The number of aryl methyl sites for hydroxylation is 1. The predicted octanol–water partition coefficient (Wildman–Crippen LogP) is 4.52. The van der Waals surface area contributed by atoms with E-state index < -0.39 is 5.54 Å². The van der Waals surface area contributed by atoms with E-state index in [-0.39, 0.29) is 11.9 Å². The van der Waals surface area contributed by atoms with E-state index in [0.717, 1.165) is 54.9 Å². The van der Waals surface area contributed by atoms with Crippen LogP contribution >= 0.6 is 0 Å². The molecule has 192 valence electrons. The van der Waals surface area contributed by atoms with E-state index in [4.69, 9.17) is 4.74 Å². The maximum atomic E-state index is 13.9. The first kappa shape index (κ1) is 25.0. The monoisotopic (exact) mass is 498 g/mol. The van der Waals surface area contributed by atoms with Crippen LogP contribution in [0, 0.1) is 0 Å². The molecule has 0 unspecified atom stereocenters. The van der Waals surface area contributed by atoms with Crippen LogP contribution in [0.5, 0.6) is 5.75 Å². The van der Waals surface area contributed by atoms with Crippen LogP contribution in [-0.4, -0.2) is 63.9 Å². The number of ether oxygens (including phenoxy) is 1. The number of carbonyl (C=O) groups excluding carboxylic acids is 2. The molecule has 7 heteroatoms. The number of rotatable bonds is 9. The van der Waals surface area contributed by atoms with Crippen molar-refractivity contribution in [3.63, 3.8) is 0 Å². The van der Waals surface area contributed by atoms with Gasteiger partial charge in [0.15, 0.2) is 0 Å². The highest BCUT2D eigenvalue weighted by molar-refractivity contribution is 6.07. The van der Waals surface area contributed by atoms with E-state index in [1.54, 1.807) is 13.3 Å². The first-order valence-corrected chi connectivity index (χ1v) is 13.0. The molecule has 0 N–H and O–H groups in total. The average Bonchev–Trinajstić information content (AvgIpc) is 3.12. The number of hydrogen-bond donors (Lipinski definition) is 0. The third kappa shape index (κ3) is 5.23. The van der Waals surface area contributed by atoms with Gasteiger partial charge in [-0.2, -0.15) is 0 Å². The molecule has 1 aromatic heterocycles. The Morgan fingerprint density at radius 2 is 1.62 bits per heavy atom. The van der Waals surface area contributed by atoms with Crippen LogP contribution in [0.25, 0.3) is 0 Å². The fourth-order valence-corrected chi connectivity index (χ4v) is 5.59. The highest BCUT2D eigenvalue weighted by atomic mass is 16.5. The van der Waals surface area contributed by atoms with E-state index >= 15 is 0 Å². The van der Waals surface area contributed by atoms with Gasteiger partial charge in [0.05, 0.1) is 7.11 Å². The normalized spacial score (nSPS) is 17.5. The quantitative estimate of drug-likeness (QED) is 0.406. The Morgan fingerprint density at radius 3 is 2.35 bits per heavy atom. The molecular weight excluding hydrogens is 464 g/mol. The lowest BCUT2D eigenvalue weighted by molar-refractivity contribution is -0.136.